The summed E-state index contributed by atoms with van der Waals surface area (Å²) in [7, 11) is 3.98. The van der Waals surface area contributed by atoms with Gasteiger partial charge in [-0.15, -0.1) is 24.0 Å². The van der Waals surface area contributed by atoms with Gasteiger partial charge in [0.1, 0.15) is 0 Å². The minimum Gasteiger partial charge on any atom is -0.369 e. The van der Waals surface area contributed by atoms with E-state index in [4.69, 9.17) is 11.6 Å². The van der Waals surface area contributed by atoms with E-state index in [0.29, 0.717) is 12.5 Å². The maximum atomic E-state index is 6.56. The first-order valence-corrected chi connectivity index (χ1v) is 11.1. The van der Waals surface area contributed by atoms with Gasteiger partial charge < -0.3 is 20.4 Å². The molecule has 8 heteroatoms. The lowest BCUT2D eigenvalue weighted by Gasteiger charge is -2.35. The van der Waals surface area contributed by atoms with Crippen molar-refractivity contribution in [3.63, 3.8) is 0 Å². The molecule has 160 valence electrons. The molecule has 1 unspecified atom stereocenters. The quantitative estimate of drug-likeness (QED) is 0.323. The molecular formula is C21H31ClIN5S. The predicted molar refractivity (Wildman–Crippen MR) is 138 cm³/mol. The highest BCUT2D eigenvalue weighted by molar-refractivity contribution is 14.0. The van der Waals surface area contributed by atoms with Crippen molar-refractivity contribution >= 4 is 58.6 Å². The molecule has 1 aromatic heterocycles. The number of nitrogens with one attached hydrogen (secondary N) is 2. The molecule has 3 rings (SSSR count). The SMILES string of the molecule is CN=C(NCc1c(Cl)cccc1N1CCN(C)CC1)NCC(C)c1ccsc1.I. The predicted octanol–water partition coefficient (Wildman–Crippen LogP) is 4.24. The van der Waals surface area contributed by atoms with Crippen molar-refractivity contribution in [2.24, 2.45) is 4.99 Å². The summed E-state index contributed by atoms with van der Waals surface area (Å²) in [5, 5.41) is 12.0. The van der Waals surface area contributed by atoms with Crippen LogP contribution >= 0.6 is 46.9 Å². The number of nitrogens with zero attached hydrogens (tertiary/aromatic N) is 3. The number of benzene rings is 1. The highest BCUT2D eigenvalue weighted by Gasteiger charge is 2.18. The number of rotatable bonds is 6. The van der Waals surface area contributed by atoms with Crippen molar-refractivity contribution in [1.82, 2.24) is 15.5 Å². The molecule has 0 aliphatic carbocycles. The van der Waals surface area contributed by atoms with E-state index in [-0.39, 0.29) is 24.0 Å². The van der Waals surface area contributed by atoms with Crippen LogP contribution in [0.25, 0.3) is 0 Å². The third-order valence-corrected chi connectivity index (χ3v) is 6.34. The van der Waals surface area contributed by atoms with Gasteiger partial charge in [-0.25, -0.2) is 0 Å². The van der Waals surface area contributed by atoms with E-state index >= 15 is 0 Å². The number of halogens is 2. The van der Waals surface area contributed by atoms with E-state index in [0.717, 1.165) is 49.3 Å². The van der Waals surface area contributed by atoms with Gasteiger partial charge in [0.15, 0.2) is 5.96 Å². The average molecular weight is 548 g/mol. The van der Waals surface area contributed by atoms with Crippen molar-refractivity contribution in [2.75, 3.05) is 51.7 Å². The molecule has 2 heterocycles. The Morgan fingerprint density at radius 3 is 2.62 bits per heavy atom. The van der Waals surface area contributed by atoms with Gasteiger partial charge in [0.2, 0.25) is 0 Å². The van der Waals surface area contributed by atoms with Crippen LogP contribution in [0.15, 0.2) is 40.0 Å². The Labute approximate surface area is 200 Å². The highest BCUT2D eigenvalue weighted by atomic mass is 127. The molecule has 1 aliphatic heterocycles. The van der Waals surface area contributed by atoms with Crippen LogP contribution < -0.4 is 15.5 Å². The van der Waals surface area contributed by atoms with Gasteiger partial charge in [-0.2, -0.15) is 11.3 Å². The third kappa shape index (κ3) is 6.73. The van der Waals surface area contributed by atoms with E-state index in [9.17, 15) is 0 Å². The number of thiophene rings is 1. The molecule has 29 heavy (non-hydrogen) atoms. The first-order valence-electron chi connectivity index (χ1n) is 9.76. The zero-order valence-electron chi connectivity index (χ0n) is 17.3. The van der Waals surface area contributed by atoms with Gasteiger partial charge in [-0.1, -0.05) is 24.6 Å². The second-order valence-electron chi connectivity index (χ2n) is 7.29. The van der Waals surface area contributed by atoms with Gasteiger partial charge in [0.25, 0.3) is 0 Å². The Bertz CT molecular complexity index is 775. The molecule has 0 radical (unpaired) electrons. The van der Waals surface area contributed by atoms with Crippen LogP contribution in [-0.4, -0.2) is 57.7 Å². The Morgan fingerprint density at radius 2 is 1.97 bits per heavy atom. The summed E-state index contributed by atoms with van der Waals surface area (Å²) in [5.74, 6) is 1.23. The van der Waals surface area contributed by atoms with Gasteiger partial charge >= 0.3 is 0 Å². The first-order chi connectivity index (χ1) is 13.6. The summed E-state index contributed by atoms with van der Waals surface area (Å²) in [6, 6.07) is 8.35. The molecule has 1 atom stereocenters. The Kier molecular flexibility index (Phi) is 10.0. The first kappa shape index (κ1) is 24.2. The van der Waals surface area contributed by atoms with Crippen molar-refractivity contribution in [2.45, 2.75) is 19.4 Å². The number of aliphatic imine (C=N–C) groups is 1. The fraction of sp³-hybridized carbons (Fsp3) is 0.476. The summed E-state index contributed by atoms with van der Waals surface area (Å²) in [6.07, 6.45) is 0. The summed E-state index contributed by atoms with van der Waals surface area (Å²) in [6.45, 7) is 7.90. The van der Waals surface area contributed by atoms with Gasteiger partial charge in [0.05, 0.1) is 0 Å². The van der Waals surface area contributed by atoms with Crippen molar-refractivity contribution < 1.29 is 0 Å². The fourth-order valence-electron chi connectivity index (χ4n) is 3.38. The number of piperazine rings is 1. The summed E-state index contributed by atoms with van der Waals surface area (Å²) in [5.41, 5.74) is 3.70. The molecule has 1 saturated heterocycles. The molecule has 1 aromatic carbocycles. The second-order valence-corrected chi connectivity index (χ2v) is 8.48. The highest BCUT2D eigenvalue weighted by Crippen LogP contribution is 2.28. The lowest BCUT2D eigenvalue weighted by atomic mass is 10.1. The number of guanidine groups is 1. The molecule has 0 saturated carbocycles. The zero-order chi connectivity index (χ0) is 19.9. The molecule has 0 bridgehead atoms. The minimum absolute atomic E-state index is 0. The molecular weight excluding hydrogens is 517 g/mol. The lowest BCUT2D eigenvalue weighted by molar-refractivity contribution is 0.312. The number of likely N-dealkylation sites (N-methyl/N-ethyl adjacent to an activating group) is 1. The summed E-state index contributed by atoms with van der Waals surface area (Å²) in [4.78, 5) is 9.16. The number of anilines is 1. The second kappa shape index (κ2) is 12.0. The largest absolute Gasteiger partial charge is 0.369 e. The molecule has 2 N–H and O–H groups in total. The van der Waals surface area contributed by atoms with Crippen LogP contribution in [0.4, 0.5) is 5.69 Å². The van der Waals surface area contributed by atoms with Crippen molar-refractivity contribution in [1.29, 1.82) is 0 Å². The van der Waals surface area contributed by atoms with Crippen molar-refractivity contribution in [3.05, 3.63) is 51.2 Å². The molecule has 5 nitrogen and oxygen atoms in total. The minimum atomic E-state index is 0. The lowest BCUT2D eigenvalue weighted by Crippen LogP contribution is -2.45. The third-order valence-electron chi connectivity index (χ3n) is 5.28. The number of hydrogen-bond acceptors (Lipinski definition) is 4. The van der Waals surface area contributed by atoms with Gasteiger partial charge in [0, 0.05) is 62.6 Å². The normalized spacial score (nSPS) is 16.3. The summed E-state index contributed by atoms with van der Waals surface area (Å²) >= 11 is 8.30. The monoisotopic (exact) mass is 547 g/mol. The Balaban J connectivity index is 0.00000300. The average Bonchev–Trinajstić information content (AvgIpc) is 3.24. The Hall–Kier alpha value is -1.03. The fourth-order valence-corrected chi connectivity index (χ4v) is 4.40. The van der Waals surface area contributed by atoms with Crippen LogP contribution in [0.5, 0.6) is 0 Å². The zero-order valence-corrected chi connectivity index (χ0v) is 21.2. The molecule has 1 aliphatic rings. The van der Waals surface area contributed by atoms with Crippen LogP contribution in [0.1, 0.15) is 24.0 Å². The van der Waals surface area contributed by atoms with Crippen LogP contribution in [-0.2, 0) is 6.54 Å². The maximum absolute atomic E-state index is 6.56. The standard InChI is InChI=1S/C21H30ClN5S.HI/c1-16(17-7-12-28-15-17)13-24-21(23-2)25-14-18-19(22)5-4-6-20(18)27-10-8-26(3)9-11-27;/h4-7,12,15-16H,8-11,13-14H2,1-3H3,(H2,23,24,25);1H. The molecule has 0 amide bonds. The van der Waals surface area contributed by atoms with E-state index in [1.165, 1.54) is 11.3 Å². The van der Waals surface area contributed by atoms with Gasteiger partial charge in [-0.05, 0) is 47.5 Å². The summed E-state index contributed by atoms with van der Waals surface area (Å²) < 4.78 is 0. The van der Waals surface area contributed by atoms with Crippen LogP contribution in [0.2, 0.25) is 5.02 Å². The smallest absolute Gasteiger partial charge is 0.191 e. The van der Waals surface area contributed by atoms with Crippen LogP contribution in [0.3, 0.4) is 0 Å². The van der Waals surface area contributed by atoms with E-state index in [1.54, 1.807) is 18.4 Å². The van der Waals surface area contributed by atoms with Crippen molar-refractivity contribution in [3.8, 4) is 0 Å². The Morgan fingerprint density at radius 1 is 1.21 bits per heavy atom. The van der Waals surface area contributed by atoms with Crippen LogP contribution in [0, 0.1) is 0 Å². The van der Waals surface area contributed by atoms with E-state index < -0.39 is 0 Å². The molecule has 0 spiro atoms. The van der Waals surface area contributed by atoms with Gasteiger partial charge in [-0.3, -0.25) is 4.99 Å². The molecule has 1 fully saturated rings. The topological polar surface area (TPSA) is 42.9 Å². The van der Waals surface area contributed by atoms with E-state index in [1.807, 2.05) is 12.1 Å². The molecule has 2 aromatic rings. The maximum Gasteiger partial charge on any atom is 0.191 e. The number of hydrogen-bond donors (Lipinski definition) is 2. The van der Waals surface area contributed by atoms with E-state index in [2.05, 4.69) is 62.3 Å².